The van der Waals surface area contributed by atoms with Crippen LogP contribution in [0.25, 0.3) is 6.08 Å². The minimum Gasteiger partial charge on any atom is -0.465 e. The standard InChI is InChI=1S/C44H34Cl2N4O6S2/c1-26-36(44(55)56-2)43(58-37(26)41(53)47-29-18-10-5-11-19-29)50-42(54)38(27-14-6-3-7-15-27)57-31-21-12-20-30(24-31)48-40(52)35(25-32-33(45)22-13-23-34(32)46)49-39(51)28-16-8-4-9-17-28/h3-25,38H,1-2H3,(H,47,53)(H,48,52)(H,49,51)(H,50,54)/b35-25+. The monoisotopic (exact) mass is 848 g/mol. The Bertz CT molecular complexity index is 2490. The number of hydrogen-bond donors (Lipinski definition) is 4. The van der Waals surface area contributed by atoms with Crippen LogP contribution in [0.5, 0.6) is 0 Å². The molecule has 0 saturated carbocycles. The van der Waals surface area contributed by atoms with Gasteiger partial charge in [-0.25, -0.2) is 4.79 Å². The van der Waals surface area contributed by atoms with Gasteiger partial charge in [0.15, 0.2) is 0 Å². The first-order valence-electron chi connectivity index (χ1n) is 17.6. The number of hydrogen-bond acceptors (Lipinski definition) is 8. The second kappa shape index (κ2) is 19.3. The predicted molar refractivity (Wildman–Crippen MR) is 232 cm³/mol. The number of carbonyl (C=O) groups is 5. The van der Waals surface area contributed by atoms with Crippen molar-refractivity contribution in [3.05, 3.63) is 182 Å². The van der Waals surface area contributed by atoms with Crippen molar-refractivity contribution in [1.82, 2.24) is 5.32 Å². The topological polar surface area (TPSA) is 143 Å². The summed E-state index contributed by atoms with van der Waals surface area (Å²) in [7, 11) is 1.23. The summed E-state index contributed by atoms with van der Waals surface area (Å²) in [5, 5.41) is 11.1. The molecule has 0 aliphatic carbocycles. The number of amides is 4. The van der Waals surface area contributed by atoms with E-state index in [0.717, 1.165) is 11.3 Å². The largest absolute Gasteiger partial charge is 0.465 e. The van der Waals surface area contributed by atoms with E-state index in [2.05, 4.69) is 21.3 Å². The summed E-state index contributed by atoms with van der Waals surface area (Å²) in [4.78, 5) is 68.5. The van der Waals surface area contributed by atoms with Gasteiger partial charge < -0.3 is 26.0 Å². The van der Waals surface area contributed by atoms with Crippen molar-refractivity contribution in [2.45, 2.75) is 17.1 Å². The number of esters is 1. The molecule has 1 atom stereocenters. The van der Waals surface area contributed by atoms with Crippen LogP contribution in [0.1, 0.15) is 52.3 Å². The van der Waals surface area contributed by atoms with Gasteiger partial charge in [0, 0.05) is 37.4 Å². The average molecular weight is 850 g/mol. The smallest absolute Gasteiger partial charge is 0.341 e. The van der Waals surface area contributed by atoms with Gasteiger partial charge in [0.05, 0.1) is 17.6 Å². The van der Waals surface area contributed by atoms with Gasteiger partial charge in [-0.2, -0.15) is 0 Å². The summed E-state index contributed by atoms with van der Waals surface area (Å²) in [5.41, 5.74) is 2.57. The molecule has 1 unspecified atom stereocenters. The van der Waals surface area contributed by atoms with Gasteiger partial charge >= 0.3 is 5.97 Å². The van der Waals surface area contributed by atoms with Crippen molar-refractivity contribution in [1.29, 1.82) is 0 Å². The highest BCUT2D eigenvalue weighted by atomic mass is 35.5. The van der Waals surface area contributed by atoms with Gasteiger partial charge in [-0.3, -0.25) is 19.2 Å². The predicted octanol–water partition coefficient (Wildman–Crippen LogP) is 10.3. The Morgan fingerprint density at radius 2 is 1.31 bits per heavy atom. The Hall–Kier alpha value is -6.18. The van der Waals surface area contributed by atoms with Gasteiger partial charge in [0.25, 0.3) is 17.7 Å². The Kier molecular flexibility index (Phi) is 13.8. The zero-order chi connectivity index (χ0) is 41.2. The van der Waals surface area contributed by atoms with Crippen LogP contribution < -0.4 is 21.3 Å². The lowest BCUT2D eigenvalue weighted by molar-refractivity contribution is -0.116. The highest BCUT2D eigenvalue weighted by molar-refractivity contribution is 8.00. The van der Waals surface area contributed by atoms with Crippen LogP contribution in [0.4, 0.5) is 16.4 Å². The maximum Gasteiger partial charge on any atom is 0.341 e. The molecule has 58 heavy (non-hydrogen) atoms. The third-order valence-corrected chi connectivity index (χ3v) is 11.6. The number of benzene rings is 5. The van der Waals surface area contributed by atoms with Crippen LogP contribution in [0, 0.1) is 6.92 Å². The van der Waals surface area contributed by atoms with Crippen LogP contribution in [-0.2, 0) is 14.3 Å². The maximum absolute atomic E-state index is 14.2. The fourth-order valence-corrected chi connectivity index (χ4v) is 8.35. The van der Waals surface area contributed by atoms with E-state index >= 15 is 0 Å². The molecule has 6 aromatic rings. The van der Waals surface area contributed by atoms with Crippen molar-refractivity contribution < 1.29 is 28.7 Å². The Balaban J connectivity index is 1.27. The molecule has 292 valence electrons. The number of halogens is 2. The van der Waals surface area contributed by atoms with E-state index < -0.39 is 34.8 Å². The summed E-state index contributed by atoms with van der Waals surface area (Å²) in [6.45, 7) is 1.62. The van der Waals surface area contributed by atoms with Gasteiger partial charge in [-0.15, -0.1) is 23.1 Å². The summed E-state index contributed by atoms with van der Waals surface area (Å²) < 4.78 is 5.05. The molecule has 0 radical (unpaired) electrons. The van der Waals surface area contributed by atoms with Gasteiger partial charge in [-0.1, -0.05) is 102 Å². The molecule has 0 fully saturated rings. The molecule has 4 amide bonds. The zero-order valence-electron chi connectivity index (χ0n) is 30.9. The highest BCUT2D eigenvalue weighted by Crippen LogP contribution is 2.40. The lowest BCUT2D eigenvalue weighted by atomic mass is 10.1. The Labute approximate surface area is 352 Å². The van der Waals surface area contributed by atoms with Gasteiger partial charge in [0.1, 0.15) is 15.9 Å². The highest BCUT2D eigenvalue weighted by Gasteiger charge is 2.30. The SMILES string of the molecule is COC(=O)c1c(NC(=O)C(Sc2cccc(NC(=O)/C(=C\c3c(Cl)cccc3Cl)NC(=O)c3ccccc3)c2)c2ccccc2)sc(C(=O)Nc2ccccc2)c1C. The Morgan fingerprint density at radius 3 is 1.97 bits per heavy atom. The summed E-state index contributed by atoms with van der Waals surface area (Å²) in [5.74, 6) is -2.81. The molecule has 0 spiro atoms. The number of ether oxygens (including phenoxy) is 1. The molecule has 14 heteroatoms. The van der Waals surface area contributed by atoms with E-state index in [0.29, 0.717) is 38.5 Å². The second-order valence-corrected chi connectivity index (χ2v) is 15.5. The molecule has 6 rings (SSSR count). The first-order valence-corrected chi connectivity index (χ1v) is 20.0. The molecular formula is C44H34Cl2N4O6S2. The van der Waals surface area contributed by atoms with E-state index in [4.69, 9.17) is 27.9 Å². The maximum atomic E-state index is 14.2. The van der Waals surface area contributed by atoms with Gasteiger partial charge in [0.2, 0.25) is 5.91 Å². The van der Waals surface area contributed by atoms with Crippen molar-refractivity contribution in [2.24, 2.45) is 0 Å². The number of carbonyl (C=O) groups excluding carboxylic acids is 5. The fourth-order valence-electron chi connectivity index (χ4n) is 5.67. The fraction of sp³-hybridized carbons (Fsp3) is 0.0682. The molecule has 0 aliphatic heterocycles. The van der Waals surface area contributed by atoms with Crippen LogP contribution in [0.2, 0.25) is 10.0 Å². The van der Waals surface area contributed by atoms with Crippen LogP contribution in [0.15, 0.2) is 144 Å². The third-order valence-electron chi connectivity index (χ3n) is 8.51. The zero-order valence-corrected chi connectivity index (χ0v) is 34.0. The molecule has 1 heterocycles. The molecule has 1 aromatic heterocycles. The van der Waals surface area contributed by atoms with E-state index in [1.165, 1.54) is 24.9 Å². The van der Waals surface area contributed by atoms with E-state index in [1.54, 1.807) is 128 Å². The van der Waals surface area contributed by atoms with Crippen LogP contribution in [-0.4, -0.2) is 36.7 Å². The summed E-state index contributed by atoms with van der Waals surface area (Å²) >= 11 is 15.0. The van der Waals surface area contributed by atoms with Crippen molar-refractivity contribution in [3.8, 4) is 0 Å². The van der Waals surface area contributed by atoms with Crippen molar-refractivity contribution in [2.75, 3.05) is 23.1 Å². The number of thiophene rings is 1. The van der Waals surface area contributed by atoms with Crippen LogP contribution in [0.3, 0.4) is 0 Å². The van der Waals surface area contributed by atoms with E-state index in [9.17, 15) is 24.0 Å². The summed E-state index contributed by atoms with van der Waals surface area (Å²) in [6.07, 6.45) is 1.40. The number of anilines is 3. The molecule has 0 saturated heterocycles. The molecular weight excluding hydrogens is 816 g/mol. The lowest BCUT2D eigenvalue weighted by Crippen LogP contribution is -2.30. The number of methoxy groups -OCH3 is 1. The minimum atomic E-state index is -0.857. The first-order chi connectivity index (χ1) is 28.0. The lowest BCUT2D eigenvalue weighted by Gasteiger charge is -2.18. The molecule has 10 nitrogen and oxygen atoms in total. The minimum absolute atomic E-state index is 0.0712. The van der Waals surface area contributed by atoms with Gasteiger partial charge in [-0.05, 0) is 78.7 Å². The van der Waals surface area contributed by atoms with Crippen LogP contribution >= 0.6 is 46.3 Å². The number of nitrogens with one attached hydrogen (secondary N) is 4. The second-order valence-electron chi connectivity index (χ2n) is 12.5. The number of rotatable bonds is 13. The Morgan fingerprint density at radius 1 is 0.707 bits per heavy atom. The molecule has 5 aromatic carbocycles. The molecule has 0 bridgehead atoms. The molecule has 4 N–H and O–H groups in total. The van der Waals surface area contributed by atoms with E-state index in [-0.39, 0.29) is 31.2 Å². The number of thioether (sulfide) groups is 1. The first kappa shape index (κ1) is 41.5. The molecule has 0 aliphatic rings. The van der Waals surface area contributed by atoms with E-state index in [1.807, 2.05) is 12.1 Å². The third kappa shape index (κ3) is 10.2. The summed E-state index contributed by atoms with van der Waals surface area (Å²) in [6, 6.07) is 38.1. The van der Waals surface area contributed by atoms with Crippen molar-refractivity contribution >= 4 is 98.4 Å². The normalized spacial score (nSPS) is 11.6. The van der Waals surface area contributed by atoms with Crippen molar-refractivity contribution in [3.63, 3.8) is 0 Å². The average Bonchev–Trinajstić information content (AvgIpc) is 3.56. The quantitative estimate of drug-likeness (QED) is 0.0515. The number of para-hydroxylation sites is 1.